The van der Waals surface area contributed by atoms with Crippen molar-refractivity contribution in [2.24, 2.45) is 5.92 Å². The molecule has 0 saturated carbocycles. The molecule has 0 fully saturated rings. The molecular weight excluding hydrogens is 464 g/mol. The normalized spacial score (nSPS) is 17.1. The summed E-state index contributed by atoms with van der Waals surface area (Å²) < 4.78 is 17.1. The number of aromatic nitrogens is 1. The number of benzene rings is 1. The van der Waals surface area contributed by atoms with Crippen molar-refractivity contribution in [3.05, 3.63) is 71.0 Å². The Morgan fingerprint density at radius 3 is 2.88 bits per heavy atom. The van der Waals surface area contributed by atoms with E-state index in [1.165, 1.54) is 7.11 Å². The number of anilines is 1. The van der Waals surface area contributed by atoms with Gasteiger partial charge in [0, 0.05) is 47.6 Å². The van der Waals surface area contributed by atoms with Gasteiger partial charge in [-0.2, -0.15) is 0 Å². The highest BCUT2D eigenvalue weighted by Gasteiger charge is 2.24. The lowest BCUT2D eigenvalue weighted by atomic mass is 9.96. The van der Waals surface area contributed by atoms with Crippen LogP contribution in [0.15, 0.2) is 65.4 Å². The summed E-state index contributed by atoms with van der Waals surface area (Å²) in [4.78, 5) is 16.8. The molecule has 3 atom stereocenters. The van der Waals surface area contributed by atoms with Gasteiger partial charge in [0.1, 0.15) is 5.75 Å². The second-order valence-corrected chi connectivity index (χ2v) is 8.81. The molecule has 1 heterocycles. The first-order valence-corrected chi connectivity index (χ1v) is 11.6. The molecule has 0 radical (unpaired) electrons. The molecule has 3 rings (SSSR count). The Morgan fingerprint density at radius 1 is 1.42 bits per heavy atom. The van der Waals surface area contributed by atoms with E-state index in [4.69, 9.17) is 25.3 Å². The van der Waals surface area contributed by atoms with Crippen LogP contribution in [0.3, 0.4) is 0 Å². The highest BCUT2D eigenvalue weighted by Crippen LogP contribution is 2.35. The van der Waals surface area contributed by atoms with E-state index in [1.54, 1.807) is 37.5 Å². The van der Waals surface area contributed by atoms with E-state index in [0.29, 0.717) is 29.4 Å². The van der Waals surface area contributed by atoms with Crippen LogP contribution >= 0.6 is 23.6 Å². The van der Waals surface area contributed by atoms with Crippen LogP contribution in [0.1, 0.15) is 18.9 Å². The minimum absolute atomic E-state index is 0.292. The number of carbonyl (C=O) groups is 1. The summed E-state index contributed by atoms with van der Waals surface area (Å²) in [7, 11) is 1.37. The van der Waals surface area contributed by atoms with Crippen LogP contribution in [0.5, 0.6) is 5.75 Å². The van der Waals surface area contributed by atoms with Crippen LogP contribution in [0.4, 0.5) is 5.69 Å². The van der Waals surface area contributed by atoms with E-state index in [-0.39, 0.29) is 11.9 Å². The fourth-order valence-electron chi connectivity index (χ4n) is 3.05. The van der Waals surface area contributed by atoms with Crippen LogP contribution < -0.4 is 10.1 Å². The Balaban J connectivity index is 1.85. The standard InChI is InChI=1S/C24H27ClN2O5S/c1-15-11-21(27-13-16(2)28)22(12-20(15)25)31-24(32-33-19-5-4-10-26-14-19)18-8-6-17(7-9-18)23(29)30-3/h4-6,8-12,14,16-17,24,27-28H,7,13H2,1-3H3. The number of rotatable bonds is 10. The molecule has 0 aliphatic heterocycles. The largest absolute Gasteiger partial charge is 0.469 e. The van der Waals surface area contributed by atoms with Gasteiger partial charge in [0.25, 0.3) is 0 Å². The van der Waals surface area contributed by atoms with Gasteiger partial charge in [-0.15, -0.1) is 0 Å². The molecule has 2 aromatic rings. The third-order valence-corrected chi connectivity index (χ3v) is 5.97. The number of pyridine rings is 1. The number of allylic oxidation sites excluding steroid dienone is 1. The number of ether oxygens (including phenoxy) is 2. The fourth-order valence-corrected chi connectivity index (χ4v) is 3.79. The molecule has 0 saturated heterocycles. The van der Waals surface area contributed by atoms with Crippen molar-refractivity contribution < 1.29 is 23.6 Å². The summed E-state index contributed by atoms with van der Waals surface area (Å²) in [5.74, 6) is -0.158. The smallest absolute Gasteiger partial charge is 0.312 e. The van der Waals surface area contributed by atoms with E-state index in [2.05, 4.69) is 10.3 Å². The first-order chi connectivity index (χ1) is 15.9. The number of hydrogen-bond donors (Lipinski definition) is 2. The summed E-state index contributed by atoms with van der Waals surface area (Å²) in [5.41, 5.74) is 2.31. The number of aryl methyl sites for hydroxylation is 1. The lowest BCUT2D eigenvalue weighted by molar-refractivity contribution is -0.143. The van der Waals surface area contributed by atoms with Crippen LogP contribution in [0, 0.1) is 12.8 Å². The summed E-state index contributed by atoms with van der Waals surface area (Å²) in [5, 5.41) is 13.4. The number of esters is 1. The molecule has 2 N–H and O–H groups in total. The van der Waals surface area contributed by atoms with Gasteiger partial charge >= 0.3 is 5.97 Å². The molecule has 1 aliphatic carbocycles. The van der Waals surface area contributed by atoms with Gasteiger partial charge in [0.2, 0.25) is 6.29 Å². The molecule has 0 spiro atoms. The summed E-state index contributed by atoms with van der Waals surface area (Å²) in [6.45, 7) is 3.93. The third-order valence-electron chi connectivity index (χ3n) is 4.85. The first kappa shape index (κ1) is 25.1. The van der Waals surface area contributed by atoms with Crippen LogP contribution in [-0.2, 0) is 13.7 Å². The zero-order valence-corrected chi connectivity index (χ0v) is 20.2. The number of nitrogens with zero attached hydrogens (tertiary/aromatic N) is 1. The van der Waals surface area contributed by atoms with Gasteiger partial charge in [-0.1, -0.05) is 29.8 Å². The number of hydrogen-bond acceptors (Lipinski definition) is 8. The van der Waals surface area contributed by atoms with Gasteiger partial charge in [0.15, 0.2) is 0 Å². The highest BCUT2D eigenvalue weighted by molar-refractivity contribution is 7.94. The predicted molar refractivity (Wildman–Crippen MR) is 129 cm³/mol. The quantitative estimate of drug-likeness (QED) is 0.275. The maximum Gasteiger partial charge on any atom is 0.312 e. The van der Waals surface area contributed by atoms with Crippen molar-refractivity contribution >= 4 is 35.3 Å². The van der Waals surface area contributed by atoms with E-state index >= 15 is 0 Å². The maximum atomic E-state index is 11.9. The molecule has 7 nitrogen and oxygen atoms in total. The number of methoxy groups -OCH3 is 1. The third kappa shape index (κ3) is 7.23. The molecule has 33 heavy (non-hydrogen) atoms. The van der Waals surface area contributed by atoms with E-state index in [1.807, 2.05) is 31.2 Å². The van der Waals surface area contributed by atoms with Gasteiger partial charge < -0.3 is 19.9 Å². The topological polar surface area (TPSA) is 89.9 Å². The maximum absolute atomic E-state index is 11.9. The fraction of sp³-hybridized carbons (Fsp3) is 0.333. The number of carbonyl (C=O) groups excluding carboxylic acids is 1. The Kier molecular flexibility index (Phi) is 9.20. The lowest BCUT2D eigenvalue weighted by Gasteiger charge is -2.24. The average molecular weight is 491 g/mol. The summed E-state index contributed by atoms with van der Waals surface area (Å²) in [6.07, 6.45) is 8.00. The number of aliphatic hydroxyl groups excluding tert-OH is 1. The Bertz CT molecular complexity index is 1010. The number of nitrogens with one attached hydrogen (secondary N) is 1. The van der Waals surface area contributed by atoms with E-state index in [9.17, 15) is 9.90 Å². The van der Waals surface area contributed by atoms with Gasteiger partial charge in [0.05, 0.1) is 29.7 Å². The van der Waals surface area contributed by atoms with Crippen LogP contribution in [0.25, 0.3) is 0 Å². The molecule has 3 unspecified atom stereocenters. The molecule has 0 bridgehead atoms. The van der Waals surface area contributed by atoms with Crippen molar-refractivity contribution in [3.63, 3.8) is 0 Å². The minimum Gasteiger partial charge on any atom is -0.469 e. The molecule has 1 aromatic heterocycles. The summed E-state index contributed by atoms with van der Waals surface area (Å²) in [6, 6.07) is 7.28. The number of halogens is 1. The predicted octanol–water partition coefficient (Wildman–Crippen LogP) is 4.94. The molecule has 9 heteroatoms. The van der Waals surface area contributed by atoms with Gasteiger partial charge in [-0.3, -0.25) is 14.0 Å². The van der Waals surface area contributed by atoms with Crippen molar-refractivity contribution in [1.29, 1.82) is 0 Å². The Hall–Kier alpha value is -2.52. The second kappa shape index (κ2) is 12.1. The number of aliphatic hydroxyl groups is 1. The second-order valence-electron chi connectivity index (χ2n) is 7.57. The van der Waals surface area contributed by atoms with Gasteiger partial charge in [-0.25, -0.2) is 0 Å². The van der Waals surface area contributed by atoms with Crippen molar-refractivity contribution in [2.75, 3.05) is 19.0 Å². The van der Waals surface area contributed by atoms with Crippen LogP contribution in [0.2, 0.25) is 5.02 Å². The molecule has 1 aliphatic rings. The minimum atomic E-state index is -0.795. The Morgan fingerprint density at radius 2 is 2.24 bits per heavy atom. The zero-order valence-electron chi connectivity index (χ0n) is 18.7. The van der Waals surface area contributed by atoms with E-state index < -0.39 is 12.4 Å². The zero-order chi connectivity index (χ0) is 23.8. The SMILES string of the molecule is COC(=O)C1C=CC(C(OSc2cccnc2)Oc2cc(Cl)c(C)cc2NCC(C)O)=CC1. The van der Waals surface area contributed by atoms with Crippen molar-refractivity contribution in [3.8, 4) is 5.75 Å². The highest BCUT2D eigenvalue weighted by atomic mass is 35.5. The molecular formula is C24H27ClN2O5S. The van der Waals surface area contributed by atoms with E-state index in [0.717, 1.165) is 28.1 Å². The van der Waals surface area contributed by atoms with Crippen molar-refractivity contribution in [2.45, 2.75) is 37.6 Å². The average Bonchev–Trinajstić information content (AvgIpc) is 2.83. The van der Waals surface area contributed by atoms with Crippen molar-refractivity contribution in [1.82, 2.24) is 4.98 Å². The molecule has 0 amide bonds. The monoisotopic (exact) mass is 490 g/mol. The lowest BCUT2D eigenvalue weighted by Crippen LogP contribution is -2.24. The first-order valence-electron chi connectivity index (χ1n) is 10.5. The van der Waals surface area contributed by atoms with Crippen LogP contribution in [-0.4, -0.2) is 42.1 Å². The molecule has 1 aromatic carbocycles. The molecule has 176 valence electrons. The Labute approximate surface area is 203 Å². The van der Waals surface area contributed by atoms with Gasteiger partial charge in [-0.05, 0) is 44.0 Å². The summed E-state index contributed by atoms with van der Waals surface area (Å²) >= 11 is 7.51.